The van der Waals surface area contributed by atoms with Gasteiger partial charge in [0.05, 0.1) is 22.9 Å². The number of carbonyl (C=O) groups excluding carboxylic acids is 2. The molecule has 2 heterocycles. The van der Waals surface area contributed by atoms with Crippen molar-refractivity contribution < 1.29 is 9.59 Å². The molecule has 172 valence electrons. The van der Waals surface area contributed by atoms with Gasteiger partial charge in [0.25, 0.3) is 0 Å². The van der Waals surface area contributed by atoms with E-state index in [1.54, 1.807) is 0 Å². The molecule has 1 fully saturated rings. The summed E-state index contributed by atoms with van der Waals surface area (Å²) in [6, 6.07) is 23.0. The Bertz CT molecular complexity index is 1350. The number of carbonyl (C=O) groups is 2. The van der Waals surface area contributed by atoms with Gasteiger partial charge in [-0.3, -0.25) is 9.59 Å². The fourth-order valence-electron chi connectivity index (χ4n) is 4.55. The number of benzene rings is 3. The average molecular weight is 453 g/mol. The Kier molecular flexibility index (Phi) is 5.90. The van der Waals surface area contributed by atoms with E-state index in [1.807, 2.05) is 103 Å². The smallest absolute Gasteiger partial charge is 0.241 e. The minimum absolute atomic E-state index is 0.0225. The van der Waals surface area contributed by atoms with Crippen LogP contribution in [0.3, 0.4) is 0 Å². The summed E-state index contributed by atoms with van der Waals surface area (Å²) in [5.74, 6) is -0.0647. The third kappa shape index (κ3) is 4.08. The molecule has 1 aliphatic heterocycles. The first kappa shape index (κ1) is 21.9. The lowest BCUT2D eigenvalue weighted by atomic mass is 10.0. The summed E-state index contributed by atoms with van der Waals surface area (Å²) in [6.07, 6.45) is 3.76. The molecule has 1 saturated heterocycles. The minimum Gasteiger partial charge on any atom is -0.378 e. The maximum absolute atomic E-state index is 13.5. The molecule has 1 aromatic heterocycles. The first-order chi connectivity index (χ1) is 16.5. The summed E-state index contributed by atoms with van der Waals surface area (Å²) in [5.41, 5.74) is 4.73. The Labute approximate surface area is 199 Å². The molecule has 34 heavy (non-hydrogen) atoms. The lowest BCUT2D eigenvalue weighted by Gasteiger charge is -2.14. The maximum Gasteiger partial charge on any atom is 0.241 e. The minimum atomic E-state index is -0.166. The van der Waals surface area contributed by atoms with E-state index in [1.165, 1.54) is 0 Å². The highest BCUT2D eigenvalue weighted by Crippen LogP contribution is 2.31. The van der Waals surface area contributed by atoms with Crippen molar-refractivity contribution in [1.82, 2.24) is 9.88 Å². The summed E-state index contributed by atoms with van der Waals surface area (Å²) in [7, 11) is 3.95. The fraction of sp³-hybridized carbons (Fsp3) is 0.214. The van der Waals surface area contributed by atoms with E-state index >= 15 is 0 Å². The van der Waals surface area contributed by atoms with Gasteiger partial charge < -0.3 is 20.1 Å². The summed E-state index contributed by atoms with van der Waals surface area (Å²) in [6.45, 7) is 0.866. The van der Waals surface area contributed by atoms with E-state index in [2.05, 4.69) is 10.6 Å². The van der Waals surface area contributed by atoms with Crippen LogP contribution in [-0.2, 0) is 4.79 Å². The predicted octanol–water partition coefficient (Wildman–Crippen LogP) is 4.62. The normalized spacial score (nSPS) is 15.4. The SMILES string of the molecule is CN(C)c1ccc(C(=O)c2ccccc2-n2cc(NC(=O)[C@@H]3CCCN3)c3ccccc32)cc1. The number of rotatable bonds is 6. The first-order valence-corrected chi connectivity index (χ1v) is 11.6. The number of amides is 1. The van der Waals surface area contributed by atoms with Crippen LogP contribution in [-0.4, -0.2) is 42.9 Å². The quantitative estimate of drug-likeness (QED) is 0.419. The number of ketones is 1. The zero-order chi connectivity index (χ0) is 23.7. The Morgan fingerprint density at radius 3 is 2.44 bits per heavy atom. The van der Waals surface area contributed by atoms with Crippen LogP contribution in [0.15, 0.2) is 79.0 Å². The monoisotopic (exact) mass is 452 g/mol. The van der Waals surface area contributed by atoms with Gasteiger partial charge in [0, 0.05) is 42.5 Å². The first-order valence-electron chi connectivity index (χ1n) is 11.6. The van der Waals surface area contributed by atoms with Crippen LogP contribution >= 0.6 is 0 Å². The Morgan fingerprint density at radius 1 is 0.971 bits per heavy atom. The summed E-state index contributed by atoms with van der Waals surface area (Å²) < 4.78 is 1.99. The van der Waals surface area contributed by atoms with Crippen LogP contribution in [0.1, 0.15) is 28.8 Å². The Morgan fingerprint density at radius 2 is 1.71 bits per heavy atom. The van der Waals surface area contributed by atoms with Gasteiger partial charge in [0.1, 0.15) is 0 Å². The topological polar surface area (TPSA) is 66.4 Å². The van der Waals surface area contributed by atoms with Gasteiger partial charge in [-0.2, -0.15) is 0 Å². The van der Waals surface area contributed by atoms with Gasteiger partial charge in [-0.1, -0.05) is 30.3 Å². The largest absolute Gasteiger partial charge is 0.378 e. The molecule has 1 aliphatic rings. The highest BCUT2D eigenvalue weighted by atomic mass is 16.2. The van der Waals surface area contributed by atoms with Crippen molar-refractivity contribution in [2.24, 2.45) is 0 Å². The van der Waals surface area contributed by atoms with Crippen molar-refractivity contribution in [3.63, 3.8) is 0 Å². The molecule has 0 unspecified atom stereocenters. The number of hydrogen-bond acceptors (Lipinski definition) is 4. The fourth-order valence-corrected chi connectivity index (χ4v) is 4.55. The lowest BCUT2D eigenvalue weighted by Crippen LogP contribution is -2.35. The van der Waals surface area contributed by atoms with Crippen molar-refractivity contribution in [2.45, 2.75) is 18.9 Å². The van der Waals surface area contributed by atoms with Crippen LogP contribution in [0.5, 0.6) is 0 Å². The molecular formula is C28H28N4O2. The van der Waals surface area contributed by atoms with Crippen molar-refractivity contribution in [3.05, 3.63) is 90.1 Å². The van der Waals surface area contributed by atoms with E-state index in [-0.39, 0.29) is 17.7 Å². The summed E-state index contributed by atoms with van der Waals surface area (Å²) in [4.78, 5) is 28.3. The molecule has 5 rings (SSSR count). The number of nitrogens with one attached hydrogen (secondary N) is 2. The predicted molar refractivity (Wildman–Crippen MR) is 137 cm³/mol. The molecule has 2 N–H and O–H groups in total. The van der Waals surface area contributed by atoms with Gasteiger partial charge in [0.15, 0.2) is 5.78 Å². The van der Waals surface area contributed by atoms with Crippen LogP contribution in [0.25, 0.3) is 16.6 Å². The highest BCUT2D eigenvalue weighted by Gasteiger charge is 2.24. The lowest BCUT2D eigenvalue weighted by molar-refractivity contribution is -0.117. The van der Waals surface area contributed by atoms with Gasteiger partial charge in [-0.15, -0.1) is 0 Å². The second-order valence-corrected chi connectivity index (χ2v) is 8.86. The summed E-state index contributed by atoms with van der Waals surface area (Å²) >= 11 is 0. The third-order valence-electron chi connectivity index (χ3n) is 6.40. The highest BCUT2D eigenvalue weighted by molar-refractivity contribution is 6.12. The number of hydrogen-bond donors (Lipinski definition) is 2. The molecule has 6 nitrogen and oxygen atoms in total. The van der Waals surface area contributed by atoms with Gasteiger partial charge >= 0.3 is 0 Å². The molecule has 3 aromatic carbocycles. The third-order valence-corrected chi connectivity index (χ3v) is 6.40. The molecule has 0 saturated carbocycles. The van der Waals surface area contributed by atoms with Crippen LogP contribution < -0.4 is 15.5 Å². The Balaban J connectivity index is 1.54. The van der Waals surface area contributed by atoms with Gasteiger partial charge in [-0.25, -0.2) is 0 Å². The summed E-state index contributed by atoms with van der Waals surface area (Å²) in [5, 5.41) is 7.29. The van der Waals surface area contributed by atoms with E-state index in [0.717, 1.165) is 47.4 Å². The number of anilines is 2. The van der Waals surface area contributed by atoms with Gasteiger partial charge in [-0.05, 0) is 61.9 Å². The number of aromatic nitrogens is 1. The van der Waals surface area contributed by atoms with Crippen LogP contribution in [0, 0.1) is 0 Å². The van der Waals surface area contributed by atoms with Crippen molar-refractivity contribution >= 4 is 34.0 Å². The second-order valence-electron chi connectivity index (χ2n) is 8.86. The molecule has 1 atom stereocenters. The molecule has 0 radical (unpaired) electrons. The standard InChI is InChI=1S/C28H28N4O2/c1-31(2)20-15-13-19(14-16-20)27(33)22-9-4-6-12-26(22)32-18-24(21-8-3-5-11-25(21)32)30-28(34)23-10-7-17-29-23/h3-6,8-9,11-16,18,23,29H,7,10,17H2,1-2H3,(H,30,34)/t23-/m0/s1. The second kappa shape index (κ2) is 9.15. The van der Waals surface area contributed by atoms with Crippen molar-refractivity contribution in [2.75, 3.05) is 30.9 Å². The van der Waals surface area contributed by atoms with E-state index < -0.39 is 0 Å². The average Bonchev–Trinajstić information content (AvgIpc) is 3.53. The van der Waals surface area contributed by atoms with Gasteiger partial charge in [0.2, 0.25) is 5.91 Å². The van der Waals surface area contributed by atoms with E-state index in [4.69, 9.17) is 0 Å². The zero-order valence-corrected chi connectivity index (χ0v) is 19.4. The molecule has 0 aliphatic carbocycles. The molecule has 4 aromatic rings. The van der Waals surface area contributed by atoms with E-state index in [0.29, 0.717) is 11.1 Å². The maximum atomic E-state index is 13.5. The van der Waals surface area contributed by atoms with Crippen LogP contribution in [0.4, 0.5) is 11.4 Å². The molecule has 0 bridgehead atoms. The molecule has 0 spiro atoms. The molecule has 1 amide bonds. The van der Waals surface area contributed by atoms with Crippen molar-refractivity contribution in [3.8, 4) is 5.69 Å². The molecule has 6 heteroatoms. The Hall–Kier alpha value is -3.90. The van der Waals surface area contributed by atoms with Crippen LogP contribution in [0.2, 0.25) is 0 Å². The number of nitrogens with zero attached hydrogens (tertiary/aromatic N) is 2. The molecular weight excluding hydrogens is 424 g/mol. The van der Waals surface area contributed by atoms with E-state index in [9.17, 15) is 9.59 Å². The number of fused-ring (bicyclic) bond motifs is 1. The zero-order valence-electron chi connectivity index (χ0n) is 19.4. The van der Waals surface area contributed by atoms with Crippen molar-refractivity contribution in [1.29, 1.82) is 0 Å². The number of para-hydroxylation sites is 2.